The van der Waals surface area contributed by atoms with E-state index in [2.05, 4.69) is 45.0 Å². The van der Waals surface area contributed by atoms with Crippen LogP contribution < -0.4 is 5.73 Å². The third-order valence-electron chi connectivity index (χ3n) is 3.25. The summed E-state index contributed by atoms with van der Waals surface area (Å²) in [6.07, 6.45) is 3.82. The van der Waals surface area contributed by atoms with Gasteiger partial charge in [-0.2, -0.15) is 0 Å². The van der Waals surface area contributed by atoms with Gasteiger partial charge in [0.1, 0.15) is 0 Å². The summed E-state index contributed by atoms with van der Waals surface area (Å²) >= 11 is 0. The van der Waals surface area contributed by atoms with Gasteiger partial charge in [0.05, 0.1) is 0 Å². The van der Waals surface area contributed by atoms with Gasteiger partial charge >= 0.3 is 0 Å². The van der Waals surface area contributed by atoms with Crippen molar-refractivity contribution in [2.75, 3.05) is 6.54 Å². The van der Waals surface area contributed by atoms with Crippen molar-refractivity contribution in [2.45, 2.75) is 46.0 Å². The topological polar surface area (TPSA) is 26.0 Å². The van der Waals surface area contributed by atoms with Gasteiger partial charge < -0.3 is 5.73 Å². The second-order valence-corrected chi connectivity index (χ2v) is 5.11. The molecule has 1 unspecified atom stereocenters. The maximum atomic E-state index is 5.89. The van der Waals surface area contributed by atoms with Crippen LogP contribution in [0.25, 0.3) is 0 Å². The third kappa shape index (κ3) is 3.97. The van der Waals surface area contributed by atoms with Crippen LogP contribution in [0.2, 0.25) is 0 Å². The zero-order chi connectivity index (χ0) is 12.0. The Labute approximate surface area is 100 Å². The highest BCUT2D eigenvalue weighted by atomic mass is 14.5. The third-order valence-corrected chi connectivity index (χ3v) is 3.25. The normalized spacial score (nSPS) is 13.1. The predicted octanol–water partition coefficient (Wildman–Crippen LogP) is 3.86. The maximum Gasteiger partial charge on any atom is -0.000814 e. The lowest BCUT2D eigenvalue weighted by molar-refractivity contribution is 0.502. The van der Waals surface area contributed by atoms with Crippen LogP contribution >= 0.6 is 0 Å². The maximum absolute atomic E-state index is 5.89. The Morgan fingerprint density at radius 2 is 1.81 bits per heavy atom. The quantitative estimate of drug-likeness (QED) is 0.772. The molecule has 0 radical (unpaired) electrons. The summed E-state index contributed by atoms with van der Waals surface area (Å²) in [6, 6.07) is 8.62. The molecule has 0 saturated heterocycles. The zero-order valence-electron chi connectivity index (χ0n) is 10.9. The van der Waals surface area contributed by atoms with Crippen LogP contribution in [0.15, 0.2) is 24.3 Å². The van der Waals surface area contributed by atoms with Gasteiger partial charge in [-0.15, -0.1) is 0 Å². The highest BCUT2D eigenvalue weighted by Crippen LogP contribution is 2.24. The minimum absolute atomic E-state index is 0.542. The van der Waals surface area contributed by atoms with Crippen LogP contribution in [-0.4, -0.2) is 6.54 Å². The lowest BCUT2D eigenvalue weighted by atomic mass is 9.89. The Bertz CT molecular complexity index is 304. The molecule has 0 fully saturated rings. The molecule has 0 heterocycles. The summed E-state index contributed by atoms with van der Waals surface area (Å²) in [5, 5.41) is 0. The van der Waals surface area contributed by atoms with Crippen molar-refractivity contribution in [2.24, 2.45) is 11.7 Å². The molecule has 16 heavy (non-hydrogen) atoms. The van der Waals surface area contributed by atoms with Crippen molar-refractivity contribution in [3.8, 4) is 0 Å². The molecular weight excluding hydrogens is 194 g/mol. The molecule has 1 aromatic rings. The standard InChI is InChI=1S/C15H25N/c1-12(2)7-6-9-14(11-16)15-10-5-4-8-13(15)3/h4-5,8,10,12,14H,6-7,9,11,16H2,1-3H3. The fourth-order valence-electron chi connectivity index (χ4n) is 2.22. The summed E-state index contributed by atoms with van der Waals surface area (Å²) in [7, 11) is 0. The molecule has 0 aliphatic rings. The highest BCUT2D eigenvalue weighted by molar-refractivity contribution is 5.29. The largest absolute Gasteiger partial charge is 0.330 e. The molecule has 1 aromatic carbocycles. The number of nitrogens with two attached hydrogens (primary N) is 1. The lowest BCUT2D eigenvalue weighted by Crippen LogP contribution is -2.13. The lowest BCUT2D eigenvalue weighted by Gasteiger charge is -2.18. The molecule has 0 spiro atoms. The molecule has 90 valence electrons. The van der Waals surface area contributed by atoms with Crippen LogP contribution in [0.3, 0.4) is 0 Å². The van der Waals surface area contributed by atoms with Crippen molar-refractivity contribution < 1.29 is 0 Å². The van der Waals surface area contributed by atoms with Gasteiger partial charge in [0.25, 0.3) is 0 Å². The molecular formula is C15H25N. The van der Waals surface area contributed by atoms with Gasteiger partial charge in [-0.1, -0.05) is 51.0 Å². The number of benzene rings is 1. The molecule has 0 aliphatic heterocycles. The van der Waals surface area contributed by atoms with Crippen LogP contribution in [-0.2, 0) is 0 Å². The first-order valence-electron chi connectivity index (χ1n) is 6.40. The van der Waals surface area contributed by atoms with E-state index in [1.54, 1.807) is 0 Å². The zero-order valence-corrected chi connectivity index (χ0v) is 10.9. The van der Waals surface area contributed by atoms with E-state index in [-0.39, 0.29) is 0 Å². The fraction of sp³-hybridized carbons (Fsp3) is 0.600. The smallest absolute Gasteiger partial charge is 0.000814 e. The number of aryl methyl sites for hydroxylation is 1. The molecule has 0 bridgehead atoms. The van der Waals surface area contributed by atoms with Gasteiger partial charge in [0.15, 0.2) is 0 Å². The molecule has 1 atom stereocenters. The molecule has 2 N–H and O–H groups in total. The monoisotopic (exact) mass is 219 g/mol. The van der Waals surface area contributed by atoms with E-state index in [1.807, 2.05) is 0 Å². The Balaban J connectivity index is 2.57. The molecule has 1 heteroatoms. The van der Waals surface area contributed by atoms with E-state index in [4.69, 9.17) is 5.73 Å². The second-order valence-electron chi connectivity index (χ2n) is 5.11. The summed E-state index contributed by atoms with van der Waals surface area (Å²) in [5.41, 5.74) is 8.71. The van der Waals surface area contributed by atoms with Crippen molar-refractivity contribution in [3.05, 3.63) is 35.4 Å². The summed E-state index contributed by atoms with van der Waals surface area (Å²) < 4.78 is 0. The number of rotatable bonds is 6. The minimum Gasteiger partial charge on any atom is -0.330 e. The number of hydrogen-bond donors (Lipinski definition) is 1. The van der Waals surface area contributed by atoms with E-state index >= 15 is 0 Å². The number of hydrogen-bond acceptors (Lipinski definition) is 1. The van der Waals surface area contributed by atoms with E-state index in [0.29, 0.717) is 5.92 Å². The van der Waals surface area contributed by atoms with Crippen molar-refractivity contribution >= 4 is 0 Å². The average molecular weight is 219 g/mol. The first kappa shape index (κ1) is 13.2. The van der Waals surface area contributed by atoms with Crippen molar-refractivity contribution in [1.82, 2.24) is 0 Å². The Hall–Kier alpha value is -0.820. The fourth-order valence-corrected chi connectivity index (χ4v) is 2.22. The minimum atomic E-state index is 0.542. The van der Waals surface area contributed by atoms with Crippen LogP contribution in [0.4, 0.5) is 0 Å². The first-order chi connectivity index (χ1) is 7.65. The van der Waals surface area contributed by atoms with Crippen molar-refractivity contribution in [3.63, 3.8) is 0 Å². The van der Waals surface area contributed by atoms with E-state index in [0.717, 1.165) is 12.5 Å². The van der Waals surface area contributed by atoms with Crippen LogP contribution in [0, 0.1) is 12.8 Å². The van der Waals surface area contributed by atoms with E-state index in [1.165, 1.54) is 30.4 Å². The second kappa shape index (κ2) is 6.70. The molecule has 0 aromatic heterocycles. The summed E-state index contributed by atoms with van der Waals surface area (Å²) in [4.78, 5) is 0. The predicted molar refractivity (Wildman–Crippen MR) is 71.7 cm³/mol. The van der Waals surface area contributed by atoms with Gasteiger partial charge in [-0.05, 0) is 42.9 Å². The van der Waals surface area contributed by atoms with Gasteiger partial charge in [-0.25, -0.2) is 0 Å². The van der Waals surface area contributed by atoms with Crippen LogP contribution in [0.1, 0.15) is 50.2 Å². The Morgan fingerprint density at radius 3 is 2.38 bits per heavy atom. The molecule has 0 amide bonds. The molecule has 1 rings (SSSR count). The average Bonchev–Trinajstić information content (AvgIpc) is 2.25. The Kier molecular flexibility index (Phi) is 5.54. The van der Waals surface area contributed by atoms with E-state index < -0.39 is 0 Å². The van der Waals surface area contributed by atoms with Crippen LogP contribution in [0.5, 0.6) is 0 Å². The van der Waals surface area contributed by atoms with Gasteiger partial charge in [0.2, 0.25) is 0 Å². The molecule has 0 saturated carbocycles. The summed E-state index contributed by atoms with van der Waals surface area (Å²) in [6.45, 7) is 7.51. The van der Waals surface area contributed by atoms with Gasteiger partial charge in [-0.3, -0.25) is 0 Å². The highest BCUT2D eigenvalue weighted by Gasteiger charge is 2.11. The van der Waals surface area contributed by atoms with Crippen molar-refractivity contribution in [1.29, 1.82) is 0 Å². The molecule has 1 nitrogen and oxygen atoms in total. The Morgan fingerprint density at radius 1 is 1.12 bits per heavy atom. The van der Waals surface area contributed by atoms with E-state index in [9.17, 15) is 0 Å². The first-order valence-corrected chi connectivity index (χ1v) is 6.40. The van der Waals surface area contributed by atoms with Gasteiger partial charge in [0, 0.05) is 0 Å². The SMILES string of the molecule is Cc1ccccc1C(CN)CCCC(C)C. The molecule has 0 aliphatic carbocycles. The summed E-state index contributed by atoms with van der Waals surface area (Å²) in [5.74, 6) is 1.34.